The number of esters is 2. The fraction of sp³-hybridized carbons (Fsp3) is 0.952. The Kier molecular flexibility index (Phi) is 79.6. The molecule has 0 aliphatic carbocycles. The van der Waals surface area contributed by atoms with Gasteiger partial charge >= 0.3 is 11.9 Å². The average molecular weight is 1250 g/mol. The van der Waals surface area contributed by atoms with Crippen molar-refractivity contribution in [2.75, 3.05) is 13.2 Å². The summed E-state index contributed by atoms with van der Waals surface area (Å²) in [6.07, 6.45) is 106. The van der Waals surface area contributed by atoms with Crippen LogP contribution in [0.5, 0.6) is 0 Å². The summed E-state index contributed by atoms with van der Waals surface area (Å²) in [6.45, 7) is 4.23. The largest absolute Gasteiger partial charge is 0.462 e. The third kappa shape index (κ3) is 79.0. The van der Waals surface area contributed by atoms with Gasteiger partial charge in [0, 0.05) is 12.8 Å². The smallest absolute Gasteiger partial charge is 0.306 e. The van der Waals surface area contributed by atoms with Gasteiger partial charge in [0.2, 0.25) is 0 Å². The first-order chi connectivity index (χ1) is 44.1. The molecule has 0 aromatic heterocycles. The number of unbranched alkanes of at least 4 members (excludes halogenated alkanes) is 70. The SMILES string of the molecule is CCCCCCCCCC/C=C\CCCCCCCCCCCCCCCCCCCCCCCCCC(=O)OC(CO)COC(=O)CCCCCCCCCCCCCCCCCCCCCCCCCCCCCCCCCCCCCCCCCC. The first kappa shape index (κ1) is 87.6. The molecular formula is C84H164O5. The topological polar surface area (TPSA) is 72.8 Å². The maximum absolute atomic E-state index is 12.4. The van der Waals surface area contributed by atoms with Crippen LogP contribution in [-0.4, -0.2) is 36.4 Å². The van der Waals surface area contributed by atoms with Crippen LogP contribution in [0.4, 0.5) is 0 Å². The minimum atomic E-state index is -0.768. The molecule has 89 heavy (non-hydrogen) atoms. The van der Waals surface area contributed by atoms with E-state index in [0.717, 1.165) is 32.1 Å². The number of carbonyl (C=O) groups is 2. The normalized spacial score (nSPS) is 12.1. The maximum Gasteiger partial charge on any atom is 0.306 e. The quantitative estimate of drug-likeness (QED) is 0.0373. The summed E-state index contributed by atoms with van der Waals surface area (Å²) >= 11 is 0. The van der Waals surface area contributed by atoms with Gasteiger partial charge in [-0.25, -0.2) is 0 Å². The molecule has 530 valence electrons. The van der Waals surface area contributed by atoms with Gasteiger partial charge in [-0.15, -0.1) is 0 Å². The summed E-state index contributed by atoms with van der Waals surface area (Å²) in [5.41, 5.74) is 0. The van der Waals surface area contributed by atoms with Crippen LogP contribution in [0.15, 0.2) is 12.2 Å². The molecule has 0 aromatic carbocycles. The minimum absolute atomic E-state index is 0.0561. The number of allylic oxidation sites excluding steroid dienone is 2. The molecule has 0 saturated carbocycles. The van der Waals surface area contributed by atoms with E-state index in [2.05, 4.69) is 26.0 Å². The molecule has 0 saturated heterocycles. The van der Waals surface area contributed by atoms with Crippen LogP contribution in [-0.2, 0) is 19.1 Å². The van der Waals surface area contributed by atoms with Crippen molar-refractivity contribution in [3.05, 3.63) is 12.2 Å². The second-order valence-electron chi connectivity index (χ2n) is 28.9. The Morgan fingerprint density at radius 1 is 0.247 bits per heavy atom. The molecule has 1 atom stereocenters. The van der Waals surface area contributed by atoms with E-state index in [1.165, 1.54) is 437 Å². The Morgan fingerprint density at radius 3 is 0.607 bits per heavy atom. The van der Waals surface area contributed by atoms with E-state index in [9.17, 15) is 14.7 Å². The molecule has 5 heteroatoms. The van der Waals surface area contributed by atoms with Crippen LogP contribution in [0.25, 0.3) is 0 Å². The van der Waals surface area contributed by atoms with Crippen molar-refractivity contribution in [1.82, 2.24) is 0 Å². The molecule has 0 radical (unpaired) electrons. The van der Waals surface area contributed by atoms with E-state index in [-0.39, 0.29) is 25.2 Å². The fourth-order valence-corrected chi connectivity index (χ4v) is 13.6. The highest BCUT2D eigenvalue weighted by Gasteiger charge is 2.16. The number of aliphatic hydroxyl groups is 1. The molecule has 0 aliphatic rings. The van der Waals surface area contributed by atoms with Gasteiger partial charge in [0.1, 0.15) is 6.61 Å². The molecule has 0 bridgehead atoms. The van der Waals surface area contributed by atoms with Crippen molar-refractivity contribution < 1.29 is 24.2 Å². The molecule has 0 spiro atoms. The van der Waals surface area contributed by atoms with Crippen molar-refractivity contribution in [3.63, 3.8) is 0 Å². The number of hydrogen-bond acceptors (Lipinski definition) is 5. The molecule has 0 heterocycles. The van der Waals surface area contributed by atoms with Gasteiger partial charge < -0.3 is 14.6 Å². The lowest BCUT2D eigenvalue weighted by atomic mass is 10.0. The zero-order valence-corrected chi connectivity index (χ0v) is 61.3. The Hall–Kier alpha value is -1.36. The van der Waals surface area contributed by atoms with Crippen LogP contribution in [0.1, 0.15) is 495 Å². The van der Waals surface area contributed by atoms with Gasteiger partial charge in [-0.2, -0.15) is 0 Å². The van der Waals surface area contributed by atoms with Gasteiger partial charge in [-0.1, -0.05) is 456 Å². The second kappa shape index (κ2) is 80.9. The monoisotopic (exact) mass is 1250 g/mol. The standard InChI is InChI=1S/C84H164O5/c1-3-5-7-9-11-13-15-17-19-21-23-25-27-29-31-33-35-37-39-40-41-42-43-45-46-48-50-52-54-56-58-60-62-64-66-68-70-72-74-76-78-83(86)88-81-82(80-85)89-84(87)79-77-75-73-71-69-67-65-63-61-59-57-55-53-51-49-47-44-38-36-34-32-30-28-26-24-22-20-18-16-14-12-10-8-6-4-2/h22,24,82,85H,3-21,23,25-81H2,1-2H3/b24-22-. The van der Waals surface area contributed by atoms with E-state index < -0.39 is 6.10 Å². The number of hydrogen-bond donors (Lipinski definition) is 1. The average Bonchev–Trinajstić information content (AvgIpc) is 3.55. The Labute approximate surface area is 560 Å². The maximum atomic E-state index is 12.4. The fourth-order valence-electron chi connectivity index (χ4n) is 13.6. The Bertz CT molecular complexity index is 1330. The zero-order valence-electron chi connectivity index (χ0n) is 61.3. The number of carbonyl (C=O) groups excluding carboxylic acids is 2. The van der Waals surface area contributed by atoms with Crippen LogP contribution in [0.2, 0.25) is 0 Å². The van der Waals surface area contributed by atoms with Crippen molar-refractivity contribution in [1.29, 1.82) is 0 Å². The molecule has 5 nitrogen and oxygen atoms in total. The summed E-state index contributed by atoms with van der Waals surface area (Å²) < 4.78 is 10.8. The Balaban J connectivity index is 3.33. The van der Waals surface area contributed by atoms with Gasteiger partial charge in [0.25, 0.3) is 0 Å². The summed E-state index contributed by atoms with van der Waals surface area (Å²) in [7, 11) is 0. The van der Waals surface area contributed by atoms with Crippen LogP contribution >= 0.6 is 0 Å². The Morgan fingerprint density at radius 2 is 0.416 bits per heavy atom. The lowest BCUT2D eigenvalue weighted by Gasteiger charge is -2.15. The lowest BCUT2D eigenvalue weighted by molar-refractivity contribution is -0.161. The third-order valence-corrected chi connectivity index (χ3v) is 19.8. The van der Waals surface area contributed by atoms with E-state index in [1.54, 1.807) is 0 Å². The third-order valence-electron chi connectivity index (χ3n) is 19.8. The van der Waals surface area contributed by atoms with Gasteiger partial charge in [0.15, 0.2) is 6.10 Å². The predicted octanol–water partition coefficient (Wildman–Crippen LogP) is 29.3. The van der Waals surface area contributed by atoms with Crippen molar-refractivity contribution in [2.24, 2.45) is 0 Å². The molecule has 0 amide bonds. The molecule has 0 aromatic rings. The molecule has 0 fully saturated rings. The zero-order chi connectivity index (χ0) is 64.0. The van der Waals surface area contributed by atoms with Crippen LogP contribution in [0.3, 0.4) is 0 Å². The molecule has 1 unspecified atom stereocenters. The summed E-state index contributed by atoms with van der Waals surface area (Å²) in [6, 6.07) is 0. The number of ether oxygens (including phenoxy) is 2. The summed E-state index contributed by atoms with van der Waals surface area (Å²) in [5.74, 6) is -0.557. The first-order valence-electron chi connectivity index (χ1n) is 41.7. The van der Waals surface area contributed by atoms with Crippen molar-refractivity contribution >= 4 is 11.9 Å². The van der Waals surface area contributed by atoms with Crippen molar-refractivity contribution in [3.8, 4) is 0 Å². The van der Waals surface area contributed by atoms with E-state index in [1.807, 2.05) is 0 Å². The van der Waals surface area contributed by atoms with Crippen molar-refractivity contribution in [2.45, 2.75) is 502 Å². The van der Waals surface area contributed by atoms with E-state index in [0.29, 0.717) is 12.8 Å². The summed E-state index contributed by atoms with van der Waals surface area (Å²) in [4.78, 5) is 24.7. The lowest BCUT2D eigenvalue weighted by Crippen LogP contribution is -2.28. The highest BCUT2D eigenvalue weighted by Crippen LogP contribution is 2.21. The van der Waals surface area contributed by atoms with E-state index >= 15 is 0 Å². The number of aliphatic hydroxyl groups excluding tert-OH is 1. The molecule has 0 rings (SSSR count). The minimum Gasteiger partial charge on any atom is -0.462 e. The second-order valence-corrected chi connectivity index (χ2v) is 28.9. The first-order valence-corrected chi connectivity index (χ1v) is 41.7. The van der Waals surface area contributed by atoms with Gasteiger partial charge in [-0.05, 0) is 38.5 Å². The van der Waals surface area contributed by atoms with Crippen LogP contribution in [0, 0.1) is 0 Å². The van der Waals surface area contributed by atoms with Crippen LogP contribution < -0.4 is 0 Å². The summed E-state index contributed by atoms with van der Waals surface area (Å²) in [5, 5.41) is 9.73. The van der Waals surface area contributed by atoms with E-state index in [4.69, 9.17) is 9.47 Å². The molecule has 0 aliphatic heterocycles. The molecular weight excluding hydrogens is 1090 g/mol. The highest BCUT2D eigenvalue weighted by molar-refractivity contribution is 5.70. The highest BCUT2D eigenvalue weighted by atomic mass is 16.6. The molecule has 1 N–H and O–H groups in total. The van der Waals surface area contributed by atoms with Gasteiger partial charge in [-0.3, -0.25) is 9.59 Å². The number of rotatable bonds is 80. The predicted molar refractivity (Wildman–Crippen MR) is 395 cm³/mol. The van der Waals surface area contributed by atoms with Gasteiger partial charge in [0.05, 0.1) is 6.61 Å².